The lowest BCUT2D eigenvalue weighted by atomic mass is 10.2. The van der Waals surface area contributed by atoms with E-state index in [-0.39, 0.29) is 5.91 Å². The SMILES string of the molecule is COc1ccc(-c2nc(SCCN3CCCC3=O)n[nH]2)c(OC)c1. The molecule has 0 saturated carbocycles. The Morgan fingerprint density at radius 3 is 2.92 bits per heavy atom. The average Bonchev–Trinajstić information content (AvgIpc) is 3.24. The second kappa shape index (κ2) is 7.57. The van der Waals surface area contributed by atoms with Crippen LogP contribution >= 0.6 is 11.8 Å². The molecule has 128 valence electrons. The summed E-state index contributed by atoms with van der Waals surface area (Å²) < 4.78 is 10.6. The zero-order chi connectivity index (χ0) is 16.9. The molecule has 0 spiro atoms. The highest BCUT2D eigenvalue weighted by atomic mass is 32.2. The Kier molecular flexibility index (Phi) is 5.24. The average molecular weight is 348 g/mol. The molecule has 3 rings (SSSR count). The van der Waals surface area contributed by atoms with Gasteiger partial charge in [-0.1, -0.05) is 11.8 Å². The first-order valence-corrected chi connectivity index (χ1v) is 8.75. The summed E-state index contributed by atoms with van der Waals surface area (Å²) in [6.45, 7) is 1.60. The molecule has 1 aliphatic heterocycles. The topological polar surface area (TPSA) is 80.3 Å². The lowest BCUT2D eigenvalue weighted by Crippen LogP contribution is -2.26. The Hall–Kier alpha value is -2.22. The molecule has 0 bridgehead atoms. The zero-order valence-electron chi connectivity index (χ0n) is 13.7. The van der Waals surface area contributed by atoms with E-state index in [2.05, 4.69) is 15.2 Å². The minimum absolute atomic E-state index is 0.245. The number of carbonyl (C=O) groups excluding carboxylic acids is 1. The Balaban J connectivity index is 1.64. The minimum Gasteiger partial charge on any atom is -0.497 e. The molecule has 1 N–H and O–H groups in total. The molecule has 1 amide bonds. The van der Waals surface area contributed by atoms with Gasteiger partial charge in [0, 0.05) is 31.3 Å². The van der Waals surface area contributed by atoms with E-state index < -0.39 is 0 Å². The molecule has 2 aromatic rings. The maximum absolute atomic E-state index is 11.6. The number of amides is 1. The zero-order valence-corrected chi connectivity index (χ0v) is 14.6. The second-order valence-corrected chi connectivity index (χ2v) is 6.43. The van der Waals surface area contributed by atoms with E-state index in [4.69, 9.17) is 9.47 Å². The number of ether oxygens (including phenoxy) is 2. The summed E-state index contributed by atoms with van der Waals surface area (Å²) in [4.78, 5) is 18.0. The van der Waals surface area contributed by atoms with Crippen LogP contribution in [0.3, 0.4) is 0 Å². The van der Waals surface area contributed by atoms with E-state index in [0.717, 1.165) is 36.6 Å². The minimum atomic E-state index is 0.245. The Morgan fingerprint density at radius 1 is 1.33 bits per heavy atom. The number of aromatic nitrogens is 3. The van der Waals surface area contributed by atoms with Crippen LogP contribution in [0.5, 0.6) is 11.5 Å². The van der Waals surface area contributed by atoms with Crippen LogP contribution in [-0.2, 0) is 4.79 Å². The fraction of sp³-hybridized carbons (Fsp3) is 0.438. The first-order valence-electron chi connectivity index (χ1n) is 7.76. The van der Waals surface area contributed by atoms with E-state index >= 15 is 0 Å². The van der Waals surface area contributed by atoms with Gasteiger partial charge in [0.1, 0.15) is 11.5 Å². The van der Waals surface area contributed by atoms with Crippen LogP contribution in [0, 0.1) is 0 Å². The number of hydrogen-bond donors (Lipinski definition) is 1. The molecule has 24 heavy (non-hydrogen) atoms. The van der Waals surface area contributed by atoms with Crippen molar-refractivity contribution in [3.8, 4) is 22.9 Å². The van der Waals surface area contributed by atoms with Crippen molar-refractivity contribution in [3.63, 3.8) is 0 Å². The van der Waals surface area contributed by atoms with Crippen molar-refractivity contribution in [3.05, 3.63) is 18.2 Å². The molecule has 1 aromatic heterocycles. The maximum Gasteiger partial charge on any atom is 0.222 e. The lowest BCUT2D eigenvalue weighted by Gasteiger charge is -2.13. The van der Waals surface area contributed by atoms with Crippen LogP contribution < -0.4 is 9.47 Å². The molecule has 8 heteroatoms. The molecule has 1 aromatic carbocycles. The molecule has 7 nitrogen and oxygen atoms in total. The van der Waals surface area contributed by atoms with Gasteiger partial charge in [-0.05, 0) is 18.6 Å². The summed E-state index contributed by atoms with van der Waals surface area (Å²) in [6.07, 6.45) is 1.64. The Morgan fingerprint density at radius 2 is 2.21 bits per heavy atom. The van der Waals surface area contributed by atoms with Crippen molar-refractivity contribution in [2.45, 2.75) is 18.0 Å². The number of methoxy groups -OCH3 is 2. The quantitative estimate of drug-likeness (QED) is 0.773. The number of hydrogen-bond acceptors (Lipinski definition) is 6. The maximum atomic E-state index is 11.6. The number of nitrogens with one attached hydrogen (secondary N) is 1. The van der Waals surface area contributed by atoms with Gasteiger partial charge in [0.05, 0.1) is 19.8 Å². The van der Waals surface area contributed by atoms with Crippen LogP contribution in [0.15, 0.2) is 23.4 Å². The van der Waals surface area contributed by atoms with Gasteiger partial charge in [-0.2, -0.15) is 0 Å². The number of H-pyrrole nitrogens is 1. The first-order chi connectivity index (χ1) is 11.7. The number of benzene rings is 1. The van der Waals surface area contributed by atoms with E-state index in [9.17, 15) is 4.79 Å². The van der Waals surface area contributed by atoms with Gasteiger partial charge in [-0.25, -0.2) is 4.98 Å². The lowest BCUT2D eigenvalue weighted by molar-refractivity contribution is -0.127. The van der Waals surface area contributed by atoms with Gasteiger partial charge in [-0.3, -0.25) is 9.89 Å². The number of thioether (sulfide) groups is 1. The third-order valence-corrected chi connectivity index (χ3v) is 4.72. The molecule has 1 fully saturated rings. The van der Waals surface area contributed by atoms with Gasteiger partial charge < -0.3 is 14.4 Å². The molecular formula is C16H20N4O3S. The normalized spacial score (nSPS) is 14.2. The molecule has 0 unspecified atom stereocenters. The summed E-state index contributed by atoms with van der Waals surface area (Å²) in [5.74, 6) is 3.07. The Labute approximate surface area is 144 Å². The van der Waals surface area contributed by atoms with Crippen LogP contribution in [0.1, 0.15) is 12.8 Å². The van der Waals surface area contributed by atoms with Crippen molar-refractivity contribution < 1.29 is 14.3 Å². The van der Waals surface area contributed by atoms with Crippen LogP contribution in [-0.4, -0.2) is 59.1 Å². The summed E-state index contributed by atoms with van der Waals surface area (Å²) in [7, 11) is 3.22. The largest absolute Gasteiger partial charge is 0.497 e. The van der Waals surface area contributed by atoms with Crippen molar-refractivity contribution in [2.75, 3.05) is 33.1 Å². The number of rotatable bonds is 7. The number of aromatic amines is 1. The fourth-order valence-corrected chi connectivity index (χ4v) is 3.37. The second-order valence-electron chi connectivity index (χ2n) is 5.37. The van der Waals surface area contributed by atoms with E-state index in [1.807, 2.05) is 23.1 Å². The summed E-state index contributed by atoms with van der Waals surface area (Å²) in [5, 5.41) is 7.83. The molecule has 0 aliphatic carbocycles. The highest BCUT2D eigenvalue weighted by Gasteiger charge is 2.19. The third-order valence-electron chi connectivity index (χ3n) is 3.89. The molecule has 1 aliphatic rings. The summed E-state index contributed by atoms with van der Waals surface area (Å²) in [6, 6.07) is 5.55. The predicted octanol–water partition coefficient (Wildman–Crippen LogP) is 2.20. The Bertz CT molecular complexity index is 719. The molecule has 2 heterocycles. The van der Waals surface area contributed by atoms with Gasteiger partial charge in [-0.15, -0.1) is 5.10 Å². The van der Waals surface area contributed by atoms with Crippen LogP contribution in [0.4, 0.5) is 0 Å². The molecular weight excluding hydrogens is 328 g/mol. The third kappa shape index (κ3) is 3.64. The van der Waals surface area contributed by atoms with Gasteiger partial charge >= 0.3 is 0 Å². The van der Waals surface area contributed by atoms with Crippen molar-refractivity contribution in [1.82, 2.24) is 20.1 Å². The van der Waals surface area contributed by atoms with Crippen LogP contribution in [0.25, 0.3) is 11.4 Å². The summed E-state index contributed by atoms with van der Waals surface area (Å²) >= 11 is 1.53. The van der Waals surface area contributed by atoms with Gasteiger partial charge in [0.15, 0.2) is 5.82 Å². The number of likely N-dealkylation sites (tertiary alicyclic amines) is 1. The highest BCUT2D eigenvalue weighted by Crippen LogP contribution is 2.32. The first kappa shape index (κ1) is 16.6. The van der Waals surface area contributed by atoms with Crippen molar-refractivity contribution in [2.24, 2.45) is 0 Å². The number of nitrogens with zero attached hydrogens (tertiary/aromatic N) is 3. The highest BCUT2D eigenvalue weighted by molar-refractivity contribution is 7.99. The molecule has 1 saturated heterocycles. The fourth-order valence-electron chi connectivity index (χ4n) is 2.61. The van der Waals surface area contributed by atoms with Crippen molar-refractivity contribution >= 4 is 17.7 Å². The predicted molar refractivity (Wildman–Crippen MR) is 91.5 cm³/mol. The number of carbonyl (C=O) groups is 1. The van der Waals surface area contributed by atoms with Crippen molar-refractivity contribution in [1.29, 1.82) is 0 Å². The van der Waals surface area contributed by atoms with E-state index in [0.29, 0.717) is 23.2 Å². The standard InChI is InChI=1S/C16H20N4O3S/c1-22-11-5-6-12(13(10-11)23-2)15-17-16(19-18-15)24-9-8-20-7-3-4-14(20)21/h5-6,10H,3-4,7-9H2,1-2H3,(H,17,18,19). The van der Waals surface area contributed by atoms with E-state index in [1.54, 1.807) is 14.2 Å². The van der Waals surface area contributed by atoms with Gasteiger partial charge in [0.2, 0.25) is 11.1 Å². The van der Waals surface area contributed by atoms with E-state index in [1.165, 1.54) is 11.8 Å². The molecule has 0 radical (unpaired) electrons. The van der Waals surface area contributed by atoms with Gasteiger partial charge in [0.25, 0.3) is 0 Å². The van der Waals surface area contributed by atoms with Crippen LogP contribution in [0.2, 0.25) is 0 Å². The molecule has 0 atom stereocenters. The summed E-state index contributed by atoms with van der Waals surface area (Å²) in [5.41, 5.74) is 0.826. The monoisotopic (exact) mass is 348 g/mol. The smallest absolute Gasteiger partial charge is 0.222 e.